The van der Waals surface area contributed by atoms with Crippen LogP contribution in [0.3, 0.4) is 0 Å². The van der Waals surface area contributed by atoms with Crippen molar-refractivity contribution in [3.05, 3.63) is 25.3 Å². The van der Waals surface area contributed by atoms with E-state index in [-0.39, 0.29) is 51.2 Å². The summed E-state index contributed by atoms with van der Waals surface area (Å²) in [6.45, 7) is 7.69. The van der Waals surface area contributed by atoms with Gasteiger partial charge in [0, 0.05) is 0 Å². The lowest BCUT2D eigenvalue weighted by atomic mass is 10.4. The molecule has 5 heteroatoms. The van der Waals surface area contributed by atoms with E-state index in [1.807, 2.05) is 0 Å². The lowest BCUT2D eigenvalue weighted by Gasteiger charge is -2.04. The van der Waals surface area contributed by atoms with E-state index in [2.05, 4.69) is 13.2 Å². The lowest BCUT2D eigenvalue weighted by molar-refractivity contribution is -0.144. The van der Waals surface area contributed by atoms with Crippen molar-refractivity contribution in [1.82, 2.24) is 0 Å². The van der Waals surface area contributed by atoms with Crippen LogP contribution in [-0.2, 0) is 23.8 Å². The number of hydrogen-bond acceptors (Lipinski definition) is 5. The molecule has 0 aromatic rings. The fraction of sp³-hybridized carbons (Fsp3) is 0.500. The smallest absolute Gasteiger partial charge is 0.308 e. The quantitative estimate of drug-likeness (QED) is 0.328. The molecule has 0 aromatic carbocycles. The minimum atomic E-state index is -0.348. The van der Waals surface area contributed by atoms with Gasteiger partial charge in [0.2, 0.25) is 0 Å². The molecule has 0 saturated heterocycles. The van der Waals surface area contributed by atoms with E-state index in [9.17, 15) is 9.59 Å². The summed E-state index contributed by atoms with van der Waals surface area (Å²) in [6, 6.07) is 0. The van der Waals surface area contributed by atoms with Crippen LogP contribution in [0.25, 0.3) is 0 Å². The van der Waals surface area contributed by atoms with E-state index < -0.39 is 0 Å². The summed E-state index contributed by atoms with van der Waals surface area (Å²) in [6.07, 6.45) is 3.31. The summed E-state index contributed by atoms with van der Waals surface area (Å²) in [5, 5.41) is 0. The van der Waals surface area contributed by atoms with Crippen LogP contribution in [0.4, 0.5) is 0 Å². The van der Waals surface area contributed by atoms with Crippen LogP contribution in [0.1, 0.15) is 12.8 Å². The first-order chi connectivity index (χ1) is 8.20. The average molecular weight is 242 g/mol. The molecule has 0 fully saturated rings. The highest BCUT2D eigenvalue weighted by Gasteiger charge is 2.04. The topological polar surface area (TPSA) is 61.8 Å². The zero-order chi connectivity index (χ0) is 12.9. The van der Waals surface area contributed by atoms with Gasteiger partial charge in [-0.3, -0.25) is 9.59 Å². The van der Waals surface area contributed by atoms with Gasteiger partial charge in [-0.1, -0.05) is 25.3 Å². The average Bonchev–Trinajstić information content (AvgIpc) is 2.33. The second kappa shape index (κ2) is 10.9. The Balaban J connectivity index is 3.33. The van der Waals surface area contributed by atoms with Crippen molar-refractivity contribution in [1.29, 1.82) is 0 Å². The van der Waals surface area contributed by atoms with Gasteiger partial charge in [-0.05, 0) is 0 Å². The predicted molar refractivity (Wildman–Crippen MR) is 62.4 cm³/mol. The Morgan fingerprint density at radius 1 is 0.882 bits per heavy atom. The van der Waals surface area contributed by atoms with E-state index in [0.717, 1.165) is 0 Å². The molecule has 0 amide bonds. The second-order valence-electron chi connectivity index (χ2n) is 3.06. The molecule has 0 atom stereocenters. The van der Waals surface area contributed by atoms with Gasteiger partial charge in [0.15, 0.2) is 0 Å². The van der Waals surface area contributed by atoms with Gasteiger partial charge in [0.1, 0.15) is 13.2 Å². The molecule has 0 rings (SSSR count). The number of carbonyl (C=O) groups excluding carboxylic acids is 2. The van der Waals surface area contributed by atoms with Crippen molar-refractivity contribution in [3.8, 4) is 0 Å². The number of carbonyl (C=O) groups is 2. The molecule has 0 aliphatic rings. The Kier molecular flexibility index (Phi) is 9.85. The van der Waals surface area contributed by atoms with E-state index in [1.165, 1.54) is 12.2 Å². The van der Waals surface area contributed by atoms with Crippen LogP contribution in [0.15, 0.2) is 25.3 Å². The Hall–Kier alpha value is -1.62. The van der Waals surface area contributed by atoms with Gasteiger partial charge in [-0.15, -0.1) is 0 Å². The first-order valence-electron chi connectivity index (χ1n) is 5.31. The van der Waals surface area contributed by atoms with Gasteiger partial charge < -0.3 is 14.2 Å². The third-order valence-corrected chi connectivity index (χ3v) is 1.63. The molecule has 0 radical (unpaired) electrons. The molecule has 0 aliphatic carbocycles. The summed E-state index contributed by atoms with van der Waals surface area (Å²) in [5.41, 5.74) is 0. The van der Waals surface area contributed by atoms with Gasteiger partial charge in [-0.25, -0.2) is 0 Å². The van der Waals surface area contributed by atoms with Crippen molar-refractivity contribution < 1.29 is 23.8 Å². The normalized spacial score (nSPS) is 9.41. The molecule has 17 heavy (non-hydrogen) atoms. The third kappa shape index (κ3) is 10.7. The first kappa shape index (κ1) is 15.4. The van der Waals surface area contributed by atoms with Gasteiger partial charge in [0.05, 0.1) is 26.1 Å². The van der Waals surface area contributed by atoms with E-state index in [4.69, 9.17) is 14.2 Å². The highest BCUT2D eigenvalue weighted by molar-refractivity contribution is 5.70. The van der Waals surface area contributed by atoms with Crippen LogP contribution >= 0.6 is 0 Å². The summed E-state index contributed by atoms with van der Waals surface area (Å²) in [5.74, 6) is -0.696. The monoisotopic (exact) mass is 242 g/mol. The number of ether oxygens (including phenoxy) is 3. The van der Waals surface area contributed by atoms with Crippen molar-refractivity contribution >= 4 is 11.9 Å². The first-order valence-corrected chi connectivity index (χ1v) is 5.31. The zero-order valence-electron chi connectivity index (χ0n) is 9.85. The standard InChI is InChI=1S/C12H18O5/c1-3-7-16-11(13)5-9-15-10-6-12(14)17-8-4-2/h3-4H,1-2,5-10H2. The second-order valence-corrected chi connectivity index (χ2v) is 3.06. The van der Waals surface area contributed by atoms with Crippen molar-refractivity contribution in [2.45, 2.75) is 12.8 Å². The fourth-order valence-electron chi connectivity index (χ4n) is 0.861. The summed E-state index contributed by atoms with van der Waals surface area (Å²) in [4.78, 5) is 22.0. The molecule has 0 aromatic heterocycles. The number of rotatable bonds is 10. The van der Waals surface area contributed by atoms with Crippen LogP contribution in [-0.4, -0.2) is 38.4 Å². The van der Waals surface area contributed by atoms with Crippen molar-refractivity contribution in [3.63, 3.8) is 0 Å². The van der Waals surface area contributed by atoms with Crippen molar-refractivity contribution in [2.75, 3.05) is 26.4 Å². The van der Waals surface area contributed by atoms with Crippen molar-refractivity contribution in [2.24, 2.45) is 0 Å². The molecule has 0 saturated carbocycles. The molecule has 0 bridgehead atoms. The van der Waals surface area contributed by atoms with E-state index >= 15 is 0 Å². The molecule has 5 nitrogen and oxygen atoms in total. The van der Waals surface area contributed by atoms with Gasteiger partial charge >= 0.3 is 11.9 Å². The number of hydrogen-bond donors (Lipinski definition) is 0. The van der Waals surface area contributed by atoms with E-state index in [1.54, 1.807) is 0 Å². The Morgan fingerprint density at radius 3 is 1.65 bits per heavy atom. The zero-order valence-corrected chi connectivity index (χ0v) is 9.85. The van der Waals surface area contributed by atoms with Gasteiger partial charge in [0.25, 0.3) is 0 Å². The van der Waals surface area contributed by atoms with Crippen LogP contribution in [0.2, 0.25) is 0 Å². The molecular weight excluding hydrogens is 224 g/mol. The Bertz CT molecular complexity index is 234. The minimum Gasteiger partial charge on any atom is -0.461 e. The maximum absolute atomic E-state index is 11.0. The Labute approximate surface area is 101 Å². The molecular formula is C12H18O5. The molecule has 0 N–H and O–H groups in total. The number of esters is 2. The fourth-order valence-corrected chi connectivity index (χ4v) is 0.861. The molecule has 0 aliphatic heterocycles. The highest BCUT2D eigenvalue weighted by Crippen LogP contribution is 1.92. The molecule has 96 valence electrons. The molecule has 0 unspecified atom stereocenters. The van der Waals surface area contributed by atoms with E-state index in [0.29, 0.717) is 0 Å². The molecule has 0 spiro atoms. The summed E-state index contributed by atoms with van der Waals surface area (Å²) >= 11 is 0. The van der Waals surface area contributed by atoms with Gasteiger partial charge in [-0.2, -0.15) is 0 Å². The lowest BCUT2D eigenvalue weighted by Crippen LogP contribution is -2.11. The van der Waals surface area contributed by atoms with Crippen LogP contribution < -0.4 is 0 Å². The highest BCUT2D eigenvalue weighted by atomic mass is 16.5. The Morgan fingerprint density at radius 2 is 1.29 bits per heavy atom. The minimum absolute atomic E-state index is 0.162. The predicted octanol–water partition coefficient (Wildman–Crippen LogP) is 1.24. The SMILES string of the molecule is C=CCOC(=O)CCOCCC(=O)OCC=C. The third-order valence-electron chi connectivity index (χ3n) is 1.63. The maximum atomic E-state index is 11.0. The van der Waals surface area contributed by atoms with Crippen LogP contribution in [0, 0.1) is 0 Å². The van der Waals surface area contributed by atoms with Crippen LogP contribution in [0.5, 0.6) is 0 Å². The largest absolute Gasteiger partial charge is 0.461 e. The maximum Gasteiger partial charge on any atom is 0.308 e. The summed E-state index contributed by atoms with van der Waals surface area (Å²) in [7, 11) is 0. The summed E-state index contributed by atoms with van der Waals surface area (Å²) < 4.78 is 14.5. The molecule has 0 heterocycles.